The minimum absolute atomic E-state index is 0.00760. The Morgan fingerprint density at radius 1 is 1.19 bits per heavy atom. The van der Waals surface area contributed by atoms with Crippen molar-refractivity contribution in [2.24, 2.45) is 5.92 Å². The number of ether oxygens (including phenoxy) is 1. The van der Waals surface area contributed by atoms with Crippen molar-refractivity contribution in [1.82, 2.24) is 9.80 Å². The molecule has 2 amide bonds. The maximum absolute atomic E-state index is 14.3. The molecule has 198 valence electrons. The van der Waals surface area contributed by atoms with Crippen LogP contribution in [0.15, 0.2) is 36.4 Å². The van der Waals surface area contributed by atoms with Gasteiger partial charge in [0.2, 0.25) is 11.8 Å². The summed E-state index contributed by atoms with van der Waals surface area (Å²) in [5, 5.41) is 9.65. The zero-order valence-electron chi connectivity index (χ0n) is 20.9. The van der Waals surface area contributed by atoms with Gasteiger partial charge in [-0.05, 0) is 60.1 Å². The largest absolute Gasteiger partial charge is 0.491 e. The molecule has 0 aromatic heterocycles. The van der Waals surface area contributed by atoms with E-state index in [9.17, 15) is 23.9 Å². The lowest BCUT2D eigenvalue weighted by Gasteiger charge is -2.32. The maximum Gasteiger partial charge on any atom is 0.305 e. The first-order chi connectivity index (χ1) is 17.7. The molecule has 2 aromatic carbocycles. The molecule has 0 radical (unpaired) electrons. The molecule has 4 rings (SSSR count). The van der Waals surface area contributed by atoms with Crippen molar-refractivity contribution >= 4 is 29.4 Å². The molecule has 0 bridgehead atoms. The second-order valence-corrected chi connectivity index (χ2v) is 10.2. The van der Waals surface area contributed by atoms with Gasteiger partial charge in [-0.2, -0.15) is 0 Å². The number of hydrogen-bond acceptors (Lipinski definition) is 5. The van der Waals surface area contributed by atoms with Crippen LogP contribution in [0.25, 0.3) is 0 Å². The standard InChI is InChI=1S/C28H32ClFN2O5/c1-2-20-13-19(5-8-25(20)37-12-11-32-26(33)9-10-27(32)34)17-31(16-18-3-4-18)24(15-28(35)36)21-6-7-22(29)23(30)14-21/h5-8,13-14,18,24H,2-4,9-12,15-17H2,1H3,(H,35,36). The van der Waals surface area contributed by atoms with E-state index < -0.39 is 17.8 Å². The second-order valence-electron chi connectivity index (χ2n) is 9.74. The molecule has 2 fully saturated rings. The van der Waals surface area contributed by atoms with Crippen LogP contribution in [0, 0.1) is 11.7 Å². The third kappa shape index (κ3) is 7.08. The number of carboxylic acid groups (broad SMARTS) is 1. The molecule has 0 spiro atoms. The molecule has 2 aliphatic rings. The Kier molecular flexibility index (Phi) is 8.82. The summed E-state index contributed by atoms with van der Waals surface area (Å²) in [5.74, 6) is -0.639. The van der Waals surface area contributed by atoms with E-state index in [-0.39, 0.29) is 49.3 Å². The molecule has 1 unspecified atom stereocenters. The fourth-order valence-electron chi connectivity index (χ4n) is 4.78. The quantitative estimate of drug-likeness (QED) is 0.367. The van der Waals surface area contributed by atoms with Crippen LogP contribution in [0.4, 0.5) is 4.39 Å². The van der Waals surface area contributed by atoms with Crippen molar-refractivity contribution in [2.75, 3.05) is 19.7 Å². The summed E-state index contributed by atoms with van der Waals surface area (Å²) in [6.07, 6.45) is 3.28. The molecule has 37 heavy (non-hydrogen) atoms. The number of carbonyl (C=O) groups is 3. The number of aliphatic carboxylic acids is 1. The average Bonchev–Trinajstić information content (AvgIpc) is 3.63. The number of nitrogens with zero attached hydrogens (tertiary/aromatic N) is 2. The summed E-state index contributed by atoms with van der Waals surface area (Å²) < 4.78 is 20.2. The third-order valence-electron chi connectivity index (χ3n) is 6.95. The number of carbonyl (C=O) groups excluding carboxylic acids is 2. The van der Waals surface area contributed by atoms with Gasteiger partial charge < -0.3 is 9.84 Å². The number of amides is 2. The first kappa shape index (κ1) is 27.1. The highest BCUT2D eigenvalue weighted by atomic mass is 35.5. The summed E-state index contributed by atoms with van der Waals surface area (Å²) in [6.45, 7) is 3.69. The summed E-state index contributed by atoms with van der Waals surface area (Å²) in [4.78, 5) is 38.8. The summed E-state index contributed by atoms with van der Waals surface area (Å²) >= 11 is 5.88. The van der Waals surface area contributed by atoms with Gasteiger partial charge >= 0.3 is 5.97 Å². The first-order valence-electron chi connectivity index (χ1n) is 12.7. The number of imide groups is 1. The van der Waals surface area contributed by atoms with Crippen molar-refractivity contribution in [3.8, 4) is 5.75 Å². The molecular weight excluding hydrogens is 499 g/mol. The van der Waals surface area contributed by atoms with Crippen LogP contribution in [0.5, 0.6) is 5.75 Å². The van der Waals surface area contributed by atoms with Crippen LogP contribution in [0.1, 0.15) is 61.8 Å². The second kappa shape index (κ2) is 12.0. The zero-order chi connectivity index (χ0) is 26.5. The summed E-state index contributed by atoms with van der Waals surface area (Å²) in [6, 6.07) is 9.87. The van der Waals surface area contributed by atoms with Crippen LogP contribution in [-0.2, 0) is 27.3 Å². The Morgan fingerprint density at radius 2 is 1.92 bits per heavy atom. The molecule has 1 atom stereocenters. The van der Waals surface area contributed by atoms with E-state index in [2.05, 4.69) is 4.90 Å². The van der Waals surface area contributed by atoms with Gasteiger partial charge in [-0.25, -0.2) is 4.39 Å². The Hall–Kier alpha value is -2.97. The number of likely N-dealkylation sites (tertiary alicyclic amines) is 1. The number of aryl methyl sites for hydroxylation is 1. The van der Waals surface area contributed by atoms with E-state index in [1.165, 1.54) is 17.0 Å². The van der Waals surface area contributed by atoms with Crippen molar-refractivity contribution in [1.29, 1.82) is 0 Å². The summed E-state index contributed by atoms with van der Waals surface area (Å²) in [5.41, 5.74) is 2.57. The van der Waals surface area contributed by atoms with Crippen LogP contribution in [0.3, 0.4) is 0 Å². The molecule has 1 N–H and O–H groups in total. The SMILES string of the molecule is CCc1cc(CN(CC2CC2)C(CC(=O)O)c2ccc(Cl)c(F)c2)ccc1OCCN1C(=O)CCC1=O. The lowest BCUT2D eigenvalue weighted by atomic mass is 9.99. The topological polar surface area (TPSA) is 87.2 Å². The van der Waals surface area contributed by atoms with Gasteiger partial charge in [0, 0.05) is 32.0 Å². The highest BCUT2D eigenvalue weighted by Crippen LogP contribution is 2.36. The average molecular weight is 531 g/mol. The van der Waals surface area contributed by atoms with Crippen LogP contribution in [0.2, 0.25) is 5.02 Å². The highest BCUT2D eigenvalue weighted by molar-refractivity contribution is 6.30. The molecule has 1 saturated heterocycles. The van der Waals surface area contributed by atoms with E-state index in [4.69, 9.17) is 16.3 Å². The van der Waals surface area contributed by atoms with E-state index in [1.54, 1.807) is 6.07 Å². The monoisotopic (exact) mass is 530 g/mol. The lowest BCUT2D eigenvalue weighted by molar-refractivity contribution is -0.140. The minimum atomic E-state index is -0.950. The van der Waals surface area contributed by atoms with Gasteiger partial charge in [0.15, 0.2) is 0 Å². The Morgan fingerprint density at radius 3 is 2.54 bits per heavy atom. The molecule has 1 aliphatic heterocycles. The molecule has 9 heteroatoms. The Labute approximate surface area is 221 Å². The number of benzene rings is 2. The van der Waals surface area contributed by atoms with Crippen molar-refractivity contribution in [3.63, 3.8) is 0 Å². The van der Waals surface area contributed by atoms with E-state index in [1.807, 2.05) is 25.1 Å². The van der Waals surface area contributed by atoms with Gasteiger partial charge in [-0.15, -0.1) is 0 Å². The molecule has 2 aromatic rings. The molecule has 1 heterocycles. The van der Waals surface area contributed by atoms with E-state index in [0.717, 1.165) is 30.5 Å². The molecule has 1 saturated carbocycles. The summed E-state index contributed by atoms with van der Waals surface area (Å²) in [7, 11) is 0. The predicted molar refractivity (Wildman–Crippen MR) is 137 cm³/mol. The maximum atomic E-state index is 14.3. The van der Waals surface area contributed by atoms with E-state index >= 15 is 0 Å². The van der Waals surface area contributed by atoms with Gasteiger partial charge in [-0.3, -0.25) is 24.2 Å². The number of carboxylic acids is 1. The van der Waals surface area contributed by atoms with Crippen molar-refractivity contribution in [3.05, 3.63) is 63.9 Å². The fraction of sp³-hybridized carbons (Fsp3) is 0.464. The van der Waals surface area contributed by atoms with Crippen LogP contribution >= 0.6 is 11.6 Å². The molecule has 7 nitrogen and oxygen atoms in total. The van der Waals surface area contributed by atoms with Gasteiger partial charge in [-0.1, -0.05) is 36.7 Å². The third-order valence-corrected chi connectivity index (χ3v) is 7.25. The predicted octanol–water partition coefficient (Wildman–Crippen LogP) is 5.00. The minimum Gasteiger partial charge on any atom is -0.491 e. The fourth-order valence-corrected chi connectivity index (χ4v) is 4.90. The van der Waals surface area contributed by atoms with Gasteiger partial charge in [0.05, 0.1) is 18.0 Å². The Bertz CT molecular complexity index is 1150. The smallest absolute Gasteiger partial charge is 0.305 e. The molecule has 1 aliphatic carbocycles. The highest BCUT2D eigenvalue weighted by Gasteiger charge is 2.31. The lowest BCUT2D eigenvalue weighted by Crippen LogP contribution is -2.33. The Balaban J connectivity index is 1.50. The normalized spacial score (nSPS) is 16.5. The van der Waals surface area contributed by atoms with Crippen molar-refractivity contribution in [2.45, 2.75) is 58.0 Å². The van der Waals surface area contributed by atoms with Crippen LogP contribution in [-0.4, -0.2) is 52.4 Å². The number of rotatable bonds is 13. The van der Waals surface area contributed by atoms with Gasteiger partial charge in [0.25, 0.3) is 0 Å². The number of halogens is 2. The first-order valence-corrected chi connectivity index (χ1v) is 13.1. The van der Waals surface area contributed by atoms with E-state index in [0.29, 0.717) is 30.2 Å². The molecular formula is C28H32ClFN2O5. The number of hydrogen-bond donors (Lipinski definition) is 1. The van der Waals surface area contributed by atoms with Crippen LogP contribution < -0.4 is 4.74 Å². The van der Waals surface area contributed by atoms with Gasteiger partial charge in [0.1, 0.15) is 18.2 Å². The van der Waals surface area contributed by atoms with Crippen molar-refractivity contribution < 1.29 is 28.6 Å². The zero-order valence-corrected chi connectivity index (χ0v) is 21.7.